The molecular formula is C25H34BrClN4O2S. The lowest BCUT2D eigenvalue weighted by atomic mass is 9.86. The Morgan fingerprint density at radius 1 is 0.971 bits per heavy atom. The van der Waals surface area contributed by atoms with Crippen LogP contribution >= 0.6 is 40.6 Å². The second-order valence-electron chi connectivity index (χ2n) is 9.24. The number of thiocarbonyl (C=S) groups is 1. The van der Waals surface area contributed by atoms with Crippen LogP contribution in [0.5, 0.6) is 0 Å². The van der Waals surface area contributed by atoms with Crippen molar-refractivity contribution in [3.63, 3.8) is 0 Å². The second kappa shape index (κ2) is 13.8. The molecular weight excluding hydrogens is 536 g/mol. The Balaban J connectivity index is 0.00000578. The number of hydrogen-bond donors (Lipinski definition) is 3. The lowest BCUT2D eigenvalue weighted by Gasteiger charge is -2.21. The van der Waals surface area contributed by atoms with Gasteiger partial charge in [0, 0.05) is 27.8 Å². The summed E-state index contributed by atoms with van der Waals surface area (Å²) in [5.74, 6) is -0.285. The summed E-state index contributed by atoms with van der Waals surface area (Å²) < 4.78 is 0.886. The summed E-state index contributed by atoms with van der Waals surface area (Å²) in [5.41, 5.74) is 3.05. The van der Waals surface area contributed by atoms with E-state index < -0.39 is 0 Å². The molecule has 0 aliphatic carbocycles. The van der Waals surface area contributed by atoms with Gasteiger partial charge in [0.1, 0.15) is 0 Å². The van der Waals surface area contributed by atoms with E-state index in [1.807, 2.05) is 20.2 Å². The van der Waals surface area contributed by atoms with Crippen molar-refractivity contribution < 1.29 is 9.59 Å². The number of anilines is 2. The molecule has 0 fully saturated rings. The number of amides is 2. The summed E-state index contributed by atoms with van der Waals surface area (Å²) in [7, 11) is 4.05. The number of carbonyl (C=O) groups is 2. The van der Waals surface area contributed by atoms with E-state index in [1.54, 1.807) is 36.4 Å². The first kappa shape index (κ1) is 30.0. The van der Waals surface area contributed by atoms with E-state index in [0.29, 0.717) is 17.7 Å². The molecule has 0 aliphatic heterocycles. The van der Waals surface area contributed by atoms with Crippen LogP contribution in [0.4, 0.5) is 11.4 Å². The molecule has 0 bridgehead atoms. The first-order valence-electron chi connectivity index (χ1n) is 10.9. The average molecular weight is 570 g/mol. The highest BCUT2D eigenvalue weighted by Gasteiger charge is 2.18. The summed E-state index contributed by atoms with van der Waals surface area (Å²) in [6, 6.07) is 12.7. The van der Waals surface area contributed by atoms with Gasteiger partial charge in [-0.05, 0) is 93.1 Å². The van der Waals surface area contributed by atoms with Gasteiger partial charge in [0.15, 0.2) is 5.11 Å². The van der Waals surface area contributed by atoms with Crippen molar-refractivity contribution in [2.45, 2.75) is 45.4 Å². The molecule has 2 amide bonds. The standard InChI is InChI=1S/C25H33BrN4O2S.ClH/c1-25(2,3)20-14-9-17(16-21(20)26)23(32)29-24(33)28-19-12-10-18(11-13-19)27-22(31)8-6-7-15-30(4)5;/h9-14,16H,6-8,15H2,1-5H3,(H,27,31)(H2,28,29,32,33);1H. The molecule has 0 radical (unpaired) electrons. The van der Waals surface area contributed by atoms with Gasteiger partial charge in [-0.2, -0.15) is 0 Å². The highest BCUT2D eigenvalue weighted by Crippen LogP contribution is 2.30. The fourth-order valence-electron chi connectivity index (χ4n) is 3.18. The van der Waals surface area contributed by atoms with Crippen LogP contribution < -0.4 is 16.0 Å². The highest BCUT2D eigenvalue weighted by molar-refractivity contribution is 9.10. The fourth-order valence-corrected chi connectivity index (χ4v) is 4.36. The number of halogens is 2. The largest absolute Gasteiger partial charge is 0.332 e. The number of nitrogens with one attached hydrogen (secondary N) is 3. The molecule has 0 atom stereocenters. The Morgan fingerprint density at radius 2 is 1.56 bits per heavy atom. The van der Waals surface area contributed by atoms with Crippen molar-refractivity contribution in [1.29, 1.82) is 0 Å². The number of unbranched alkanes of at least 4 members (excludes halogenated alkanes) is 1. The van der Waals surface area contributed by atoms with Crippen LogP contribution in [0.3, 0.4) is 0 Å². The van der Waals surface area contributed by atoms with Crippen LogP contribution in [0, 0.1) is 0 Å². The molecule has 2 aromatic carbocycles. The van der Waals surface area contributed by atoms with Gasteiger partial charge in [-0.3, -0.25) is 14.9 Å². The molecule has 0 spiro atoms. The molecule has 6 nitrogen and oxygen atoms in total. The zero-order chi connectivity index (χ0) is 24.6. The molecule has 2 rings (SSSR count). The smallest absolute Gasteiger partial charge is 0.257 e. The van der Waals surface area contributed by atoms with Gasteiger partial charge in [-0.1, -0.05) is 42.8 Å². The molecule has 0 unspecified atom stereocenters. The van der Waals surface area contributed by atoms with Crippen molar-refractivity contribution in [3.8, 4) is 0 Å². The third kappa shape index (κ3) is 10.1. The Kier molecular flexibility index (Phi) is 12.2. The Labute approximate surface area is 222 Å². The highest BCUT2D eigenvalue weighted by atomic mass is 79.9. The van der Waals surface area contributed by atoms with Gasteiger partial charge in [0.2, 0.25) is 5.91 Å². The van der Waals surface area contributed by atoms with E-state index in [1.165, 1.54) is 0 Å². The van der Waals surface area contributed by atoms with Crippen molar-refractivity contribution >= 4 is 68.9 Å². The predicted octanol–water partition coefficient (Wildman–Crippen LogP) is 5.97. The lowest BCUT2D eigenvalue weighted by molar-refractivity contribution is -0.116. The summed E-state index contributed by atoms with van der Waals surface area (Å²) in [5, 5.41) is 8.80. The van der Waals surface area contributed by atoms with Crippen LogP contribution in [-0.2, 0) is 10.2 Å². The van der Waals surface area contributed by atoms with Crippen LogP contribution in [-0.4, -0.2) is 42.5 Å². The minimum absolute atomic E-state index is 0. The van der Waals surface area contributed by atoms with Gasteiger partial charge >= 0.3 is 0 Å². The minimum Gasteiger partial charge on any atom is -0.332 e. The molecule has 3 N–H and O–H groups in total. The van der Waals surface area contributed by atoms with Gasteiger partial charge in [-0.25, -0.2) is 0 Å². The number of benzene rings is 2. The van der Waals surface area contributed by atoms with E-state index >= 15 is 0 Å². The molecule has 2 aromatic rings. The fraction of sp³-hybridized carbons (Fsp3) is 0.400. The third-order valence-electron chi connectivity index (χ3n) is 4.95. The zero-order valence-corrected chi connectivity index (χ0v) is 23.5. The van der Waals surface area contributed by atoms with Gasteiger partial charge in [0.05, 0.1) is 0 Å². The van der Waals surface area contributed by atoms with E-state index in [4.69, 9.17) is 12.2 Å². The third-order valence-corrected chi connectivity index (χ3v) is 5.81. The molecule has 0 saturated heterocycles. The van der Waals surface area contributed by atoms with Crippen molar-refractivity contribution in [1.82, 2.24) is 10.2 Å². The zero-order valence-electron chi connectivity index (χ0n) is 20.3. The summed E-state index contributed by atoms with van der Waals surface area (Å²) >= 11 is 8.84. The van der Waals surface area contributed by atoms with Crippen molar-refractivity contribution in [2.75, 3.05) is 31.3 Å². The Hall–Kier alpha value is -2.00. The van der Waals surface area contributed by atoms with Gasteiger partial charge in [0.25, 0.3) is 5.91 Å². The second-order valence-corrected chi connectivity index (χ2v) is 10.5. The predicted molar refractivity (Wildman–Crippen MR) is 151 cm³/mol. The normalized spacial score (nSPS) is 10.9. The SMILES string of the molecule is CN(C)CCCCC(=O)Nc1ccc(NC(=S)NC(=O)c2ccc(C(C)(C)C)c(Br)c2)cc1.Cl. The monoisotopic (exact) mass is 568 g/mol. The molecule has 0 aliphatic rings. The first-order valence-corrected chi connectivity index (χ1v) is 12.1. The van der Waals surface area contributed by atoms with Crippen LogP contribution in [0.15, 0.2) is 46.9 Å². The molecule has 0 saturated carbocycles. The topological polar surface area (TPSA) is 73.5 Å². The van der Waals surface area contributed by atoms with Crippen LogP contribution in [0.2, 0.25) is 0 Å². The van der Waals surface area contributed by atoms with Crippen molar-refractivity contribution in [3.05, 3.63) is 58.1 Å². The summed E-state index contributed by atoms with van der Waals surface area (Å²) in [6.45, 7) is 7.34. The number of carbonyl (C=O) groups excluding carboxylic acids is 2. The maximum atomic E-state index is 12.6. The van der Waals surface area contributed by atoms with E-state index in [9.17, 15) is 9.59 Å². The van der Waals surface area contributed by atoms with Crippen LogP contribution in [0.1, 0.15) is 56.0 Å². The molecule has 0 heterocycles. The molecule has 0 aromatic heterocycles. The quantitative estimate of drug-likeness (QED) is 0.270. The summed E-state index contributed by atoms with van der Waals surface area (Å²) in [4.78, 5) is 26.7. The molecule has 9 heteroatoms. The Morgan fingerprint density at radius 3 is 2.09 bits per heavy atom. The first-order chi connectivity index (χ1) is 15.5. The maximum Gasteiger partial charge on any atom is 0.257 e. The number of hydrogen-bond acceptors (Lipinski definition) is 4. The Bertz CT molecular complexity index is 991. The lowest BCUT2D eigenvalue weighted by Crippen LogP contribution is -2.34. The maximum absolute atomic E-state index is 12.6. The van der Waals surface area contributed by atoms with E-state index in [2.05, 4.69) is 57.6 Å². The summed E-state index contributed by atoms with van der Waals surface area (Å²) in [6.07, 6.45) is 2.34. The van der Waals surface area contributed by atoms with Gasteiger partial charge in [-0.15, -0.1) is 12.4 Å². The number of nitrogens with zero attached hydrogens (tertiary/aromatic N) is 1. The minimum atomic E-state index is -0.285. The number of rotatable bonds is 8. The molecule has 186 valence electrons. The van der Waals surface area contributed by atoms with Crippen LogP contribution in [0.25, 0.3) is 0 Å². The van der Waals surface area contributed by atoms with E-state index in [0.717, 1.165) is 35.1 Å². The van der Waals surface area contributed by atoms with Crippen molar-refractivity contribution in [2.24, 2.45) is 0 Å². The molecule has 34 heavy (non-hydrogen) atoms. The van der Waals surface area contributed by atoms with Gasteiger partial charge < -0.3 is 15.5 Å². The average Bonchev–Trinajstić information content (AvgIpc) is 2.71. The van der Waals surface area contributed by atoms with E-state index in [-0.39, 0.29) is 34.7 Å².